The minimum absolute atomic E-state index is 0.562. The van der Waals surface area contributed by atoms with Gasteiger partial charge in [-0.3, -0.25) is 4.68 Å². The molecule has 1 aliphatic rings. The number of aromatic nitrogens is 2. The molecular weight excluding hydrogens is 255 g/mol. The van der Waals surface area contributed by atoms with Gasteiger partial charge in [-0.15, -0.1) is 0 Å². The molecule has 1 aromatic rings. The molecule has 0 saturated heterocycles. The number of hydrogen-bond acceptors (Lipinski definition) is 2. The van der Waals surface area contributed by atoms with Crippen molar-refractivity contribution in [2.24, 2.45) is 0 Å². The van der Waals surface area contributed by atoms with E-state index in [1.54, 1.807) is 0 Å². The standard InChI is InChI=1S/C13H20F3N3/c14-13(15,16)12-7-10-19(18-12)9-4-2-1-3-8-17-11-5-6-11/h7,10-11,17H,1-6,8-9H2. The summed E-state index contributed by atoms with van der Waals surface area (Å²) in [6.45, 7) is 1.62. The maximum atomic E-state index is 12.3. The summed E-state index contributed by atoms with van der Waals surface area (Å²) in [7, 11) is 0. The van der Waals surface area contributed by atoms with E-state index >= 15 is 0 Å². The van der Waals surface area contributed by atoms with Crippen LogP contribution in [-0.2, 0) is 12.7 Å². The number of nitrogens with one attached hydrogen (secondary N) is 1. The van der Waals surface area contributed by atoms with E-state index in [-0.39, 0.29) is 0 Å². The highest BCUT2D eigenvalue weighted by Gasteiger charge is 2.33. The fourth-order valence-electron chi connectivity index (χ4n) is 1.98. The number of alkyl halides is 3. The summed E-state index contributed by atoms with van der Waals surface area (Å²) < 4.78 is 38.3. The fraction of sp³-hybridized carbons (Fsp3) is 0.769. The molecule has 1 fully saturated rings. The van der Waals surface area contributed by atoms with Crippen molar-refractivity contribution in [1.29, 1.82) is 0 Å². The predicted molar refractivity (Wildman–Crippen MR) is 66.7 cm³/mol. The summed E-state index contributed by atoms with van der Waals surface area (Å²) in [6.07, 6.45) is 3.85. The van der Waals surface area contributed by atoms with Crippen LogP contribution in [0.25, 0.3) is 0 Å². The van der Waals surface area contributed by atoms with E-state index in [1.165, 1.54) is 23.7 Å². The maximum Gasteiger partial charge on any atom is 0.435 e. The molecular formula is C13H20F3N3. The van der Waals surface area contributed by atoms with Crippen LogP contribution >= 0.6 is 0 Å². The minimum atomic E-state index is -4.33. The minimum Gasteiger partial charge on any atom is -0.314 e. The summed E-state index contributed by atoms with van der Waals surface area (Å²) in [5, 5.41) is 6.97. The Labute approximate surface area is 111 Å². The van der Waals surface area contributed by atoms with Crippen molar-refractivity contribution in [3.8, 4) is 0 Å². The van der Waals surface area contributed by atoms with Gasteiger partial charge in [-0.1, -0.05) is 12.8 Å². The average Bonchev–Trinajstić information content (AvgIpc) is 3.02. The third-order valence-corrected chi connectivity index (χ3v) is 3.26. The number of hydrogen-bond donors (Lipinski definition) is 1. The molecule has 0 bridgehead atoms. The summed E-state index contributed by atoms with van der Waals surface area (Å²) in [5.74, 6) is 0. The van der Waals surface area contributed by atoms with E-state index in [2.05, 4.69) is 10.4 Å². The Bertz CT molecular complexity index is 383. The van der Waals surface area contributed by atoms with Crippen molar-refractivity contribution in [2.45, 2.75) is 57.3 Å². The zero-order valence-corrected chi connectivity index (χ0v) is 10.9. The van der Waals surface area contributed by atoms with Crippen molar-refractivity contribution in [2.75, 3.05) is 6.54 Å². The van der Waals surface area contributed by atoms with Gasteiger partial charge >= 0.3 is 6.18 Å². The van der Waals surface area contributed by atoms with E-state index < -0.39 is 11.9 Å². The second-order valence-corrected chi connectivity index (χ2v) is 5.10. The molecule has 3 nitrogen and oxygen atoms in total. The zero-order chi connectivity index (χ0) is 13.7. The van der Waals surface area contributed by atoms with Crippen molar-refractivity contribution < 1.29 is 13.2 Å². The molecule has 1 heterocycles. The summed E-state index contributed by atoms with van der Waals surface area (Å²) in [6, 6.07) is 1.78. The highest BCUT2D eigenvalue weighted by atomic mass is 19.4. The molecule has 0 amide bonds. The Morgan fingerprint density at radius 1 is 1.21 bits per heavy atom. The summed E-state index contributed by atoms with van der Waals surface area (Å²) in [4.78, 5) is 0. The Hall–Kier alpha value is -1.04. The van der Waals surface area contributed by atoms with Crippen molar-refractivity contribution in [3.63, 3.8) is 0 Å². The largest absolute Gasteiger partial charge is 0.435 e. The fourth-order valence-corrected chi connectivity index (χ4v) is 1.98. The second kappa shape index (κ2) is 6.41. The van der Waals surface area contributed by atoms with Crippen LogP contribution in [0.15, 0.2) is 12.3 Å². The lowest BCUT2D eigenvalue weighted by Crippen LogP contribution is -2.17. The van der Waals surface area contributed by atoms with Crippen LogP contribution in [0.1, 0.15) is 44.2 Å². The van der Waals surface area contributed by atoms with Gasteiger partial charge in [0.05, 0.1) is 0 Å². The van der Waals surface area contributed by atoms with Crippen LogP contribution in [-0.4, -0.2) is 22.4 Å². The Morgan fingerprint density at radius 2 is 1.95 bits per heavy atom. The first kappa shape index (κ1) is 14.4. The van der Waals surface area contributed by atoms with Crippen LogP contribution in [0.3, 0.4) is 0 Å². The molecule has 1 aliphatic carbocycles. The lowest BCUT2D eigenvalue weighted by atomic mass is 10.2. The summed E-state index contributed by atoms with van der Waals surface area (Å²) in [5.41, 5.74) is -0.805. The average molecular weight is 275 g/mol. The van der Waals surface area contributed by atoms with Crippen LogP contribution in [0, 0.1) is 0 Å². The van der Waals surface area contributed by atoms with Crippen LogP contribution in [0.2, 0.25) is 0 Å². The van der Waals surface area contributed by atoms with Crippen LogP contribution in [0.5, 0.6) is 0 Å². The number of rotatable bonds is 8. The molecule has 1 aromatic heterocycles. The van der Waals surface area contributed by atoms with Gasteiger partial charge in [0.1, 0.15) is 0 Å². The van der Waals surface area contributed by atoms with Gasteiger partial charge in [0.2, 0.25) is 0 Å². The van der Waals surface area contributed by atoms with E-state index in [0.29, 0.717) is 6.54 Å². The number of halogens is 3. The monoisotopic (exact) mass is 275 g/mol. The van der Waals surface area contributed by atoms with E-state index in [1.807, 2.05) is 0 Å². The third-order valence-electron chi connectivity index (χ3n) is 3.26. The lowest BCUT2D eigenvalue weighted by Gasteiger charge is -2.04. The van der Waals surface area contributed by atoms with Crippen LogP contribution in [0.4, 0.5) is 13.2 Å². The highest BCUT2D eigenvalue weighted by Crippen LogP contribution is 2.27. The quantitative estimate of drug-likeness (QED) is 0.738. The summed E-state index contributed by atoms with van der Waals surface area (Å²) >= 11 is 0. The Kier molecular flexibility index (Phi) is 4.85. The van der Waals surface area contributed by atoms with Gasteiger partial charge in [0.25, 0.3) is 0 Å². The molecule has 2 rings (SSSR count). The zero-order valence-electron chi connectivity index (χ0n) is 10.9. The Balaban J connectivity index is 1.53. The van der Waals surface area contributed by atoms with E-state index in [4.69, 9.17) is 0 Å². The molecule has 0 radical (unpaired) electrons. The smallest absolute Gasteiger partial charge is 0.314 e. The topological polar surface area (TPSA) is 29.9 Å². The van der Waals surface area contributed by atoms with Gasteiger partial charge in [-0.25, -0.2) is 0 Å². The number of aryl methyl sites for hydroxylation is 1. The molecule has 19 heavy (non-hydrogen) atoms. The van der Waals surface area contributed by atoms with Gasteiger partial charge in [-0.05, 0) is 38.3 Å². The predicted octanol–water partition coefficient (Wildman–Crippen LogP) is 3.21. The van der Waals surface area contributed by atoms with Crippen molar-refractivity contribution in [3.05, 3.63) is 18.0 Å². The first-order chi connectivity index (χ1) is 9.05. The molecule has 0 unspecified atom stereocenters. The normalized spacial score (nSPS) is 15.9. The van der Waals surface area contributed by atoms with E-state index in [0.717, 1.165) is 44.3 Å². The van der Waals surface area contributed by atoms with Gasteiger partial charge in [-0.2, -0.15) is 18.3 Å². The van der Waals surface area contributed by atoms with Crippen molar-refractivity contribution >= 4 is 0 Å². The van der Waals surface area contributed by atoms with Gasteiger partial charge in [0.15, 0.2) is 5.69 Å². The molecule has 0 spiro atoms. The number of nitrogens with zero attached hydrogens (tertiary/aromatic N) is 2. The molecule has 0 aliphatic heterocycles. The number of unbranched alkanes of at least 4 members (excludes halogenated alkanes) is 3. The van der Waals surface area contributed by atoms with Gasteiger partial charge < -0.3 is 5.32 Å². The molecule has 1 saturated carbocycles. The maximum absolute atomic E-state index is 12.3. The second-order valence-electron chi connectivity index (χ2n) is 5.10. The molecule has 6 heteroatoms. The van der Waals surface area contributed by atoms with Crippen molar-refractivity contribution in [1.82, 2.24) is 15.1 Å². The van der Waals surface area contributed by atoms with Gasteiger partial charge in [0, 0.05) is 18.8 Å². The molecule has 0 atom stereocenters. The van der Waals surface area contributed by atoms with E-state index in [9.17, 15) is 13.2 Å². The molecule has 0 aromatic carbocycles. The third kappa shape index (κ3) is 5.22. The first-order valence-corrected chi connectivity index (χ1v) is 6.90. The molecule has 108 valence electrons. The first-order valence-electron chi connectivity index (χ1n) is 6.90. The lowest BCUT2D eigenvalue weighted by molar-refractivity contribution is -0.141. The SMILES string of the molecule is FC(F)(F)c1ccn(CCCCCCNC2CC2)n1. The highest BCUT2D eigenvalue weighted by molar-refractivity contribution is 5.03. The molecule has 1 N–H and O–H groups in total. The van der Waals surface area contributed by atoms with Crippen LogP contribution < -0.4 is 5.32 Å². The Morgan fingerprint density at radius 3 is 2.58 bits per heavy atom.